The molecule has 2 N–H and O–H groups in total. The number of hydrogen-bond donors (Lipinski definition) is 2. The summed E-state index contributed by atoms with van der Waals surface area (Å²) < 4.78 is 43.6. The second kappa shape index (κ2) is 9.33. The van der Waals surface area contributed by atoms with Crippen molar-refractivity contribution in [1.82, 2.24) is 19.7 Å². The molecule has 0 spiro atoms. The van der Waals surface area contributed by atoms with Crippen molar-refractivity contribution in [3.8, 4) is 23.5 Å². The second-order valence-corrected chi connectivity index (χ2v) is 7.61. The molecule has 1 aromatic heterocycles. The Morgan fingerprint density at radius 3 is 2.13 bits per heavy atom. The van der Waals surface area contributed by atoms with E-state index >= 15 is 0 Å². The van der Waals surface area contributed by atoms with Crippen molar-refractivity contribution in [2.45, 2.75) is 4.90 Å². The second-order valence-electron chi connectivity index (χ2n) is 5.55. The molecule has 0 unspecified atom stereocenters. The molecular weight excluding hydrogens is 430 g/mol. The molecule has 3 aromatic rings. The van der Waals surface area contributed by atoms with Gasteiger partial charge < -0.3 is 19.5 Å². The summed E-state index contributed by atoms with van der Waals surface area (Å²) in [4.78, 5) is 11.6. The lowest BCUT2D eigenvalue weighted by Crippen LogP contribution is -2.34. The fourth-order valence-electron chi connectivity index (χ4n) is 2.25. The number of nitrogens with zero attached hydrogens (tertiary/aromatic N) is 3. The van der Waals surface area contributed by atoms with Crippen molar-refractivity contribution in [1.29, 1.82) is 0 Å². The Morgan fingerprint density at radius 2 is 1.50 bits per heavy atom. The van der Waals surface area contributed by atoms with Crippen molar-refractivity contribution >= 4 is 33.3 Å². The van der Waals surface area contributed by atoms with Gasteiger partial charge in [-0.1, -0.05) is 30.3 Å². The van der Waals surface area contributed by atoms with Gasteiger partial charge in [-0.3, -0.25) is 4.72 Å². The Morgan fingerprint density at radius 1 is 0.900 bits per heavy atom. The molecule has 0 saturated heterocycles. The molecule has 3 rings (SSSR count). The van der Waals surface area contributed by atoms with E-state index in [2.05, 4.69) is 25.0 Å². The van der Waals surface area contributed by atoms with Gasteiger partial charge in [0.15, 0.2) is 5.11 Å². The summed E-state index contributed by atoms with van der Waals surface area (Å²) in [5, 5.41) is 2.30. The molecule has 0 fully saturated rings. The number of para-hydroxylation sites is 2. The van der Waals surface area contributed by atoms with E-state index in [1.54, 1.807) is 42.5 Å². The number of nitrogens with one attached hydrogen (secondary N) is 2. The fourth-order valence-corrected chi connectivity index (χ4v) is 3.71. The first-order valence-corrected chi connectivity index (χ1v) is 10.3. The number of anilines is 1. The summed E-state index contributed by atoms with van der Waals surface area (Å²) in [5.74, 6) is 0.577. The van der Waals surface area contributed by atoms with Crippen molar-refractivity contribution in [3.63, 3.8) is 0 Å². The van der Waals surface area contributed by atoms with E-state index in [0.717, 1.165) is 0 Å². The Balaban J connectivity index is 1.79. The summed E-state index contributed by atoms with van der Waals surface area (Å²) in [6, 6.07) is 14.9. The van der Waals surface area contributed by atoms with Gasteiger partial charge >= 0.3 is 12.0 Å². The van der Waals surface area contributed by atoms with E-state index in [1.807, 2.05) is 6.07 Å². The minimum Gasteiger partial charge on any atom is -0.467 e. The molecule has 0 atom stereocenters. The van der Waals surface area contributed by atoms with E-state index in [-0.39, 0.29) is 33.7 Å². The van der Waals surface area contributed by atoms with Crippen LogP contribution in [0.1, 0.15) is 0 Å². The molecule has 30 heavy (non-hydrogen) atoms. The van der Waals surface area contributed by atoms with Gasteiger partial charge in [-0.25, -0.2) is 8.42 Å². The SMILES string of the molecule is COc1nc(NC(=S)NS(=O)(=O)c2ccccc2Oc2ccccc2)nc(OC)n1. The first-order chi connectivity index (χ1) is 14.4. The Kier molecular flexibility index (Phi) is 6.59. The lowest BCUT2D eigenvalue weighted by Gasteiger charge is -2.14. The highest BCUT2D eigenvalue weighted by atomic mass is 32.2. The number of sulfonamides is 1. The molecule has 12 heteroatoms. The van der Waals surface area contributed by atoms with E-state index < -0.39 is 10.0 Å². The van der Waals surface area contributed by atoms with Crippen LogP contribution in [0.25, 0.3) is 0 Å². The van der Waals surface area contributed by atoms with Gasteiger partial charge in [0, 0.05) is 0 Å². The molecule has 156 valence electrons. The minimum absolute atomic E-state index is 0.0309. The summed E-state index contributed by atoms with van der Waals surface area (Å²) in [7, 11) is -1.35. The van der Waals surface area contributed by atoms with E-state index in [9.17, 15) is 8.42 Å². The Bertz CT molecular complexity index is 1120. The third kappa shape index (κ3) is 5.30. The monoisotopic (exact) mass is 447 g/mol. The number of aromatic nitrogens is 3. The van der Waals surface area contributed by atoms with Crippen molar-refractivity contribution < 1.29 is 22.6 Å². The van der Waals surface area contributed by atoms with Crippen LogP contribution in [0.2, 0.25) is 0 Å². The minimum atomic E-state index is -4.07. The maximum atomic E-state index is 12.9. The summed E-state index contributed by atoms with van der Waals surface area (Å²) in [6.07, 6.45) is 0. The molecule has 0 amide bonds. The summed E-state index contributed by atoms with van der Waals surface area (Å²) >= 11 is 5.09. The van der Waals surface area contributed by atoms with Crippen LogP contribution < -0.4 is 24.2 Å². The van der Waals surface area contributed by atoms with Crippen LogP contribution in [-0.2, 0) is 10.0 Å². The van der Waals surface area contributed by atoms with Crippen LogP contribution in [0.5, 0.6) is 23.5 Å². The zero-order chi connectivity index (χ0) is 21.6. The van der Waals surface area contributed by atoms with E-state index in [4.69, 9.17) is 26.4 Å². The number of rotatable bonds is 7. The normalized spacial score (nSPS) is 10.7. The third-order valence-corrected chi connectivity index (χ3v) is 5.24. The predicted molar refractivity (Wildman–Crippen MR) is 112 cm³/mol. The van der Waals surface area contributed by atoms with Gasteiger partial charge in [0.25, 0.3) is 10.0 Å². The lowest BCUT2D eigenvalue weighted by molar-refractivity contribution is 0.341. The number of ether oxygens (including phenoxy) is 3. The average Bonchev–Trinajstić information content (AvgIpc) is 2.74. The maximum absolute atomic E-state index is 12.9. The average molecular weight is 447 g/mol. The van der Waals surface area contributed by atoms with Gasteiger partial charge in [-0.2, -0.15) is 9.97 Å². The molecule has 2 aromatic carbocycles. The van der Waals surface area contributed by atoms with Crippen LogP contribution in [0.15, 0.2) is 59.5 Å². The standard InChI is InChI=1S/C18H17N5O5S2/c1-26-16-19-15(20-17(22-16)27-2)21-18(29)23-30(24,25)14-11-7-6-10-13(14)28-12-8-4-3-5-9-12/h3-11H,1-2H3,(H2,19,20,21,22,23,29). The zero-order valence-electron chi connectivity index (χ0n) is 15.9. The highest BCUT2D eigenvalue weighted by molar-refractivity contribution is 7.92. The molecular formula is C18H17N5O5S2. The molecule has 0 bridgehead atoms. The number of hydrogen-bond acceptors (Lipinski definition) is 9. The number of methoxy groups -OCH3 is 2. The molecule has 10 nitrogen and oxygen atoms in total. The Labute approximate surface area is 178 Å². The lowest BCUT2D eigenvalue weighted by atomic mass is 10.3. The molecule has 0 aliphatic heterocycles. The maximum Gasteiger partial charge on any atom is 0.324 e. The molecule has 1 heterocycles. The molecule has 0 saturated carbocycles. The van der Waals surface area contributed by atoms with E-state index in [1.165, 1.54) is 20.3 Å². The van der Waals surface area contributed by atoms with Gasteiger partial charge in [0.2, 0.25) is 5.95 Å². The fraction of sp³-hybridized carbons (Fsp3) is 0.111. The quantitative estimate of drug-likeness (QED) is 0.522. The van der Waals surface area contributed by atoms with Crippen LogP contribution in [0, 0.1) is 0 Å². The molecule has 0 aliphatic rings. The highest BCUT2D eigenvalue weighted by Crippen LogP contribution is 2.28. The van der Waals surface area contributed by atoms with E-state index in [0.29, 0.717) is 5.75 Å². The summed E-state index contributed by atoms with van der Waals surface area (Å²) in [6.45, 7) is 0. The van der Waals surface area contributed by atoms with Gasteiger partial charge in [-0.15, -0.1) is 4.98 Å². The first kappa shape index (κ1) is 21.2. The zero-order valence-corrected chi connectivity index (χ0v) is 17.5. The largest absolute Gasteiger partial charge is 0.467 e. The van der Waals surface area contributed by atoms with Gasteiger partial charge in [0.1, 0.15) is 16.4 Å². The Hall–Kier alpha value is -3.51. The van der Waals surface area contributed by atoms with Crippen molar-refractivity contribution in [3.05, 3.63) is 54.6 Å². The van der Waals surface area contributed by atoms with Gasteiger partial charge in [-0.05, 0) is 36.5 Å². The van der Waals surface area contributed by atoms with Crippen LogP contribution >= 0.6 is 12.2 Å². The number of thiocarbonyl (C=S) groups is 1. The predicted octanol–water partition coefficient (Wildman–Crippen LogP) is 2.36. The molecule has 0 radical (unpaired) electrons. The van der Waals surface area contributed by atoms with Gasteiger partial charge in [0.05, 0.1) is 14.2 Å². The smallest absolute Gasteiger partial charge is 0.324 e. The number of benzene rings is 2. The van der Waals surface area contributed by atoms with Crippen molar-refractivity contribution in [2.75, 3.05) is 19.5 Å². The topological polar surface area (TPSA) is 125 Å². The van der Waals surface area contributed by atoms with Crippen LogP contribution in [-0.4, -0.2) is 42.7 Å². The summed E-state index contributed by atoms with van der Waals surface area (Å²) in [5.41, 5.74) is 0. The van der Waals surface area contributed by atoms with Crippen LogP contribution in [0.4, 0.5) is 5.95 Å². The van der Waals surface area contributed by atoms with Crippen molar-refractivity contribution in [2.24, 2.45) is 0 Å². The van der Waals surface area contributed by atoms with Crippen LogP contribution in [0.3, 0.4) is 0 Å². The highest BCUT2D eigenvalue weighted by Gasteiger charge is 2.21. The molecule has 0 aliphatic carbocycles. The third-order valence-electron chi connectivity index (χ3n) is 3.52. The first-order valence-electron chi connectivity index (χ1n) is 8.41.